The van der Waals surface area contributed by atoms with Crippen LogP contribution in [0.25, 0.3) is 0 Å². The second-order valence-electron chi connectivity index (χ2n) is 5.05. The second kappa shape index (κ2) is 5.72. The minimum absolute atomic E-state index is 0.0961. The van der Waals surface area contributed by atoms with Gasteiger partial charge in [-0.25, -0.2) is 0 Å². The number of carbonyl (C=O) groups excluding carboxylic acids is 1. The summed E-state index contributed by atoms with van der Waals surface area (Å²) in [5.41, 5.74) is 1.86. The van der Waals surface area contributed by atoms with Gasteiger partial charge in [-0.1, -0.05) is 11.6 Å². The number of halogens is 1. The molecule has 0 aliphatic carbocycles. The van der Waals surface area contributed by atoms with E-state index in [1.165, 1.54) is 0 Å². The number of nitrogens with one attached hydrogen (secondary N) is 1. The molecular weight excluding hydrogens is 248 g/mol. The molecule has 1 aliphatic rings. The van der Waals surface area contributed by atoms with Crippen molar-refractivity contribution in [3.05, 3.63) is 28.8 Å². The maximum absolute atomic E-state index is 12.2. The minimum Gasteiger partial charge on any atom is -0.326 e. The Morgan fingerprint density at radius 1 is 1.50 bits per heavy atom. The van der Waals surface area contributed by atoms with Crippen LogP contribution in [-0.4, -0.2) is 30.9 Å². The Morgan fingerprint density at radius 3 is 2.94 bits per heavy atom. The molecule has 0 bridgehead atoms. The minimum atomic E-state index is 0.0961. The monoisotopic (exact) mass is 266 g/mol. The largest absolute Gasteiger partial charge is 0.326 e. The topological polar surface area (TPSA) is 32.3 Å². The van der Waals surface area contributed by atoms with E-state index in [1.807, 2.05) is 19.1 Å². The second-order valence-corrected chi connectivity index (χ2v) is 5.49. The summed E-state index contributed by atoms with van der Waals surface area (Å²) in [6.45, 7) is 3.89. The van der Waals surface area contributed by atoms with Gasteiger partial charge in [0.05, 0.1) is 5.92 Å². The molecule has 2 rings (SSSR count). The first kappa shape index (κ1) is 13.4. The van der Waals surface area contributed by atoms with Crippen molar-refractivity contribution < 1.29 is 4.79 Å². The summed E-state index contributed by atoms with van der Waals surface area (Å²) < 4.78 is 0. The van der Waals surface area contributed by atoms with Crippen molar-refractivity contribution in [1.29, 1.82) is 0 Å². The van der Waals surface area contributed by atoms with Gasteiger partial charge in [-0.2, -0.15) is 0 Å². The van der Waals surface area contributed by atoms with Crippen molar-refractivity contribution in [2.24, 2.45) is 5.92 Å². The quantitative estimate of drug-likeness (QED) is 0.893. The van der Waals surface area contributed by atoms with E-state index in [9.17, 15) is 4.79 Å². The SMILES string of the molecule is Cc1cc(Cl)ccc1NC(=O)[C@@H]1CCCN(C)C1. The first-order valence-corrected chi connectivity index (χ1v) is 6.69. The first-order valence-electron chi connectivity index (χ1n) is 6.32. The Kier molecular flexibility index (Phi) is 4.25. The van der Waals surface area contributed by atoms with Crippen LogP contribution in [0.5, 0.6) is 0 Å². The van der Waals surface area contributed by atoms with E-state index in [0.29, 0.717) is 5.02 Å². The Balaban J connectivity index is 2.02. The molecule has 1 heterocycles. The predicted octanol–water partition coefficient (Wildman–Crippen LogP) is 2.93. The number of aryl methyl sites for hydroxylation is 1. The lowest BCUT2D eigenvalue weighted by Gasteiger charge is -2.28. The molecule has 18 heavy (non-hydrogen) atoms. The van der Waals surface area contributed by atoms with Crippen molar-refractivity contribution >= 4 is 23.2 Å². The van der Waals surface area contributed by atoms with Crippen LogP contribution in [0.15, 0.2) is 18.2 Å². The number of nitrogens with zero attached hydrogens (tertiary/aromatic N) is 1. The number of likely N-dealkylation sites (tertiary alicyclic amines) is 1. The van der Waals surface area contributed by atoms with Gasteiger partial charge in [0, 0.05) is 17.3 Å². The third-order valence-electron chi connectivity index (χ3n) is 3.44. The van der Waals surface area contributed by atoms with Crippen molar-refractivity contribution in [2.45, 2.75) is 19.8 Å². The van der Waals surface area contributed by atoms with Gasteiger partial charge in [-0.05, 0) is 57.1 Å². The van der Waals surface area contributed by atoms with E-state index in [2.05, 4.69) is 17.3 Å². The van der Waals surface area contributed by atoms with E-state index in [1.54, 1.807) is 6.07 Å². The van der Waals surface area contributed by atoms with Crippen molar-refractivity contribution in [3.63, 3.8) is 0 Å². The Hall–Kier alpha value is -1.06. The molecule has 0 saturated carbocycles. The molecule has 0 spiro atoms. The van der Waals surface area contributed by atoms with E-state index < -0.39 is 0 Å². The Labute approximate surface area is 113 Å². The average Bonchev–Trinajstić information content (AvgIpc) is 2.32. The highest BCUT2D eigenvalue weighted by Gasteiger charge is 2.24. The van der Waals surface area contributed by atoms with E-state index >= 15 is 0 Å². The molecule has 1 aromatic rings. The summed E-state index contributed by atoms with van der Waals surface area (Å²) in [6, 6.07) is 5.53. The summed E-state index contributed by atoms with van der Waals surface area (Å²) in [7, 11) is 2.06. The number of hydrogen-bond acceptors (Lipinski definition) is 2. The zero-order chi connectivity index (χ0) is 13.1. The molecule has 1 aromatic carbocycles. The van der Waals surface area contributed by atoms with Crippen LogP contribution in [0.3, 0.4) is 0 Å². The summed E-state index contributed by atoms with van der Waals surface area (Å²) in [5, 5.41) is 3.70. The number of hydrogen-bond donors (Lipinski definition) is 1. The molecule has 1 fully saturated rings. The van der Waals surface area contributed by atoms with Gasteiger partial charge in [0.15, 0.2) is 0 Å². The highest BCUT2D eigenvalue weighted by Crippen LogP contribution is 2.22. The van der Waals surface area contributed by atoms with Crippen LogP contribution >= 0.6 is 11.6 Å². The molecule has 1 saturated heterocycles. The van der Waals surface area contributed by atoms with Crippen LogP contribution in [0.1, 0.15) is 18.4 Å². The van der Waals surface area contributed by atoms with E-state index in [0.717, 1.165) is 37.2 Å². The maximum atomic E-state index is 12.2. The van der Waals surface area contributed by atoms with E-state index in [-0.39, 0.29) is 11.8 Å². The molecule has 0 aromatic heterocycles. The van der Waals surface area contributed by atoms with Crippen molar-refractivity contribution in [3.8, 4) is 0 Å². The van der Waals surface area contributed by atoms with Gasteiger partial charge in [0.1, 0.15) is 0 Å². The third kappa shape index (κ3) is 3.24. The molecule has 4 heteroatoms. The average molecular weight is 267 g/mol. The smallest absolute Gasteiger partial charge is 0.228 e. The molecule has 0 unspecified atom stereocenters. The van der Waals surface area contributed by atoms with Crippen LogP contribution in [0, 0.1) is 12.8 Å². The fraction of sp³-hybridized carbons (Fsp3) is 0.500. The number of anilines is 1. The van der Waals surface area contributed by atoms with Gasteiger partial charge in [-0.3, -0.25) is 4.79 Å². The van der Waals surface area contributed by atoms with Gasteiger partial charge in [0.2, 0.25) is 5.91 Å². The summed E-state index contributed by atoms with van der Waals surface area (Å²) in [5.74, 6) is 0.214. The van der Waals surface area contributed by atoms with Gasteiger partial charge in [0.25, 0.3) is 0 Å². The fourth-order valence-corrected chi connectivity index (χ4v) is 2.61. The molecule has 1 atom stereocenters. The highest BCUT2D eigenvalue weighted by atomic mass is 35.5. The number of carbonyl (C=O) groups is 1. The molecule has 1 N–H and O–H groups in total. The summed E-state index contributed by atoms with van der Waals surface area (Å²) >= 11 is 5.90. The number of piperidine rings is 1. The maximum Gasteiger partial charge on any atom is 0.228 e. The number of rotatable bonds is 2. The molecule has 3 nitrogen and oxygen atoms in total. The Morgan fingerprint density at radius 2 is 2.28 bits per heavy atom. The molecular formula is C14H19ClN2O. The standard InChI is InChI=1S/C14H19ClN2O/c1-10-8-12(15)5-6-13(10)16-14(18)11-4-3-7-17(2)9-11/h5-6,8,11H,3-4,7,9H2,1-2H3,(H,16,18)/t11-/m1/s1. The lowest BCUT2D eigenvalue weighted by atomic mass is 9.97. The van der Waals surface area contributed by atoms with Crippen LogP contribution < -0.4 is 5.32 Å². The van der Waals surface area contributed by atoms with Crippen molar-refractivity contribution in [1.82, 2.24) is 4.90 Å². The highest BCUT2D eigenvalue weighted by molar-refractivity contribution is 6.30. The van der Waals surface area contributed by atoms with Crippen LogP contribution in [-0.2, 0) is 4.79 Å². The van der Waals surface area contributed by atoms with Gasteiger partial charge >= 0.3 is 0 Å². The number of amides is 1. The zero-order valence-corrected chi connectivity index (χ0v) is 11.6. The summed E-state index contributed by atoms with van der Waals surface area (Å²) in [4.78, 5) is 14.4. The lowest BCUT2D eigenvalue weighted by molar-refractivity contribution is -0.121. The van der Waals surface area contributed by atoms with Gasteiger partial charge in [-0.15, -0.1) is 0 Å². The first-order chi connectivity index (χ1) is 8.56. The van der Waals surface area contributed by atoms with Crippen LogP contribution in [0.2, 0.25) is 5.02 Å². The molecule has 1 amide bonds. The predicted molar refractivity (Wildman–Crippen MR) is 75.0 cm³/mol. The fourth-order valence-electron chi connectivity index (χ4n) is 2.38. The van der Waals surface area contributed by atoms with Gasteiger partial charge < -0.3 is 10.2 Å². The molecule has 98 valence electrons. The normalized spacial score (nSPS) is 20.7. The summed E-state index contributed by atoms with van der Waals surface area (Å²) in [6.07, 6.45) is 2.07. The number of benzene rings is 1. The van der Waals surface area contributed by atoms with Crippen molar-refractivity contribution in [2.75, 3.05) is 25.5 Å². The molecule has 0 radical (unpaired) electrons. The van der Waals surface area contributed by atoms with E-state index in [4.69, 9.17) is 11.6 Å². The third-order valence-corrected chi connectivity index (χ3v) is 3.68. The van der Waals surface area contributed by atoms with Crippen LogP contribution in [0.4, 0.5) is 5.69 Å². The lowest BCUT2D eigenvalue weighted by Crippen LogP contribution is -2.38. The molecule has 1 aliphatic heterocycles. The Bertz CT molecular complexity index is 447. The zero-order valence-electron chi connectivity index (χ0n) is 10.9.